The van der Waals surface area contributed by atoms with Crippen LogP contribution in [0.5, 0.6) is 0 Å². The molecule has 0 saturated carbocycles. The van der Waals surface area contributed by atoms with E-state index in [0.29, 0.717) is 11.3 Å². The van der Waals surface area contributed by atoms with Gasteiger partial charge >= 0.3 is 0 Å². The molecule has 2 aromatic heterocycles. The van der Waals surface area contributed by atoms with Gasteiger partial charge in [-0.1, -0.05) is 0 Å². The molecule has 1 aliphatic rings. The molecule has 1 aliphatic heterocycles. The number of carbonyl (C=O) groups excluding carboxylic acids is 1. The summed E-state index contributed by atoms with van der Waals surface area (Å²) in [4.78, 5) is 18.9. The van der Waals surface area contributed by atoms with Crippen molar-refractivity contribution < 1.29 is 4.79 Å². The molecular weight excluding hydrogens is 316 g/mol. The van der Waals surface area contributed by atoms with Crippen LogP contribution in [-0.2, 0) is 7.05 Å². The number of rotatable bonds is 3. The van der Waals surface area contributed by atoms with Crippen molar-refractivity contribution in [2.75, 3.05) is 18.0 Å². The van der Waals surface area contributed by atoms with Gasteiger partial charge in [0.25, 0.3) is 5.91 Å². The fourth-order valence-electron chi connectivity index (χ4n) is 3.22. The Morgan fingerprint density at radius 3 is 2.68 bits per heavy atom. The van der Waals surface area contributed by atoms with Crippen LogP contribution in [0.1, 0.15) is 40.2 Å². The lowest BCUT2D eigenvalue weighted by Gasteiger charge is -2.33. The van der Waals surface area contributed by atoms with Crippen molar-refractivity contribution in [3.05, 3.63) is 40.8 Å². The van der Waals surface area contributed by atoms with E-state index in [4.69, 9.17) is 0 Å². The van der Waals surface area contributed by atoms with Gasteiger partial charge < -0.3 is 10.2 Å². The Morgan fingerprint density at radius 1 is 1.36 bits per heavy atom. The number of nitrogens with zero attached hydrogens (tertiary/aromatic N) is 5. The molecule has 1 N–H and O–H groups in total. The van der Waals surface area contributed by atoms with Crippen molar-refractivity contribution in [3.8, 4) is 6.07 Å². The highest BCUT2D eigenvalue weighted by atomic mass is 16.2. The molecule has 3 heterocycles. The summed E-state index contributed by atoms with van der Waals surface area (Å²) < 4.78 is 1.62. The van der Waals surface area contributed by atoms with E-state index in [0.717, 1.165) is 43.0 Å². The lowest BCUT2D eigenvalue weighted by Crippen LogP contribution is -2.45. The van der Waals surface area contributed by atoms with E-state index in [1.807, 2.05) is 19.9 Å². The summed E-state index contributed by atoms with van der Waals surface area (Å²) >= 11 is 0. The van der Waals surface area contributed by atoms with Crippen molar-refractivity contribution in [3.63, 3.8) is 0 Å². The third kappa shape index (κ3) is 3.63. The Bertz CT molecular complexity index is 827. The fourth-order valence-corrected chi connectivity index (χ4v) is 3.22. The molecule has 0 radical (unpaired) electrons. The van der Waals surface area contributed by atoms with Gasteiger partial charge in [0.15, 0.2) is 0 Å². The van der Waals surface area contributed by atoms with E-state index in [1.54, 1.807) is 24.0 Å². The highest BCUT2D eigenvalue weighted by Gasteiger charge is 2.24. The second kappa shape index (κ2) is 6.93. The van der Waals surface area contributed by atoms with Crippen LogP contribution in [0.2, 0.25) is 0 Å². The van der Waals surface area contributed by atoms with Crippen LogP contribution in [-0.4, -0.2) is 39.8 Å². The first-order valence-corrected chi connectivity index (χ1v) is 8.41. The second-order valence-corrected chi connectivity index (χ2v) is 6.50. The third-order valence-electron chi connectivity index (χ3n) is 4.51. The van der Waals surface area contributed by atoms with Gasteiger partial charge in [-0.3, -0.25) is 9.48 Å². The molecule has 0 aliphatic carbocycles. The second-order valence-electron chi connectivity index (χ2n) is 6.50. The predicted octanol–water partition coefficient (Wildman–Crippen LogP) is 1.70. The number of nitrogens with one attached hydrogen (secondary N) is 1. The Hall–Kier alpha value is -2.88. The number of aromatic nitrogens is 3. The molecule has 0 aromatic carbocycles. The van der Waals surface area contributed by atoms with E-state index in [-0.39, 0.29) is 11.9 Å². The zero-order chi connectivity index (χ0) is 18.0. The van der Waals surface area contributed by atoms with Crippen molar-refractivity contribution in [2.45, 2.75) is 32.7 Å². The van der Waals surface area contributed by atoms with Gasteiger partial charge in [-0.2, -0.15) is 10.4 Å². The number of piperidine rings is 1. The molecule has 0 unspecified atom stereocenters. The summed E-state index contributed by atoms with van der Waals surface area (Å²) in [6.45, 7) is 5.41. The first kappa shape index (κ1) is 17.0. The van der Waals surface area contributed by atoms with Gasteiger partial charge in [-0.05, 0) is 44.4 Å². The number of anilines is 1. The topological polar surface area (TPSA) is 86.8 Å². The first-order valence-electron chi connectivity index (χ1n) is 8.41. The maximum atomic E-state index is 12.2. The SMILES string of the molecule is Cc1cc(C)c(C#N)c(N2CCC(NC(=O)c3ccn(C)n3)CC2)n1. The van der Waals surface area contributed by atoms with Crippen LogP contribution >= 0.6 is 0 Å². The average Bonchev–Trinajstić information content (AvgIpc) is 3.01. The molecule has 130 valence electrons. The number of pyridine rings is 1. The number of hydrogen-bond donors (Lipinski definition) is 1. The van der Waals surface area contributed by atoms with Crippen LogP contribution in [0.4, 0.5) is 5.82 Å². The van der Waals surface area contributed by atoms with Gasteiger partial charge in [0.2, 0.25) is 0 Å². The number of aryl methyl sites for hydroxylation is 3. The summed E-state index contributed by atoms with van der Waals surface area (Å²) in [6.07, 6.45) is 3.39. The number of nitriles is 1. The average molecular weight is 338 g/mol. The van der Waals surface area contributed by atoms with Crippen LogP contribution in [0, 0.1) is 25.2 Å². The molecule has 25 heavy (non-hydrogen) atoms. The molecule has 1 amide bonds. The molecule has 1 fully saturated rings. The van der Waals surface area contributed by atoms with Gasteiger partial charge in [-0.15, -0.1) is 0 Å². The molecule has 3 rings (SSSR count). The predicted molar refractivity (Wildman–Crippen MR) is 94.3 cm³/mol. The Labute approximate surface area is 147 Å². The minimum absolute atomic E-state index is 0.113. The van der Waals surface area contributed by atoms with Crippen LogP contribution < -0.4 is 10.2 Å². The molecule has 0 atom stereocenters. The lowest BCUT2D eigenvalue weighted by molar-refractivity contribution is 0.0925. The van der Waals surface area contributed by atoms with Crippen LogP contribution in [0.3, 0.4) is 0 Å². The van der Waals surface area contributed by atoms with Crippen molar-refractivity contribution in [1.29, 1.82) is 5.26 Å². The van der Waals surface area contributed by atoms with E-state index in [9.17, 15) is 10.1 Å². The maximum absolute atomic E-state index is 12.2. The first-order chi connectivity index (χ1) is 12.0. The van der Waals surface area contributed by atoms with Gasteiger partial charge in [0.1, 0.15) is 17.6 Å². The summed E-state index contributed by atoms with van der Waals surface area (Å²) in [5.41, 5.74) is 2.95. The zero-order valence-electron chi connectivity index (χ0n) is 14.8. The van der Waals surface area contributed by atoms with Crippen LogP contribution in [0.15, 0.2) is 18.3 Å². The molecule has 0 spiro atoms. The molecule has 0 bridgehead atoms. The molecular formula is C18H22N6O. The largest absolute Gasteiger partial charge is 0.355 e. The van der Waals surface area contributed by atoms with Crippen molar-refractivity contribution in [1.82, 2.24) is 20.1 Å². The maximum Gasteiger partial charge on any atom is 0.271 e. The molecule has 7 nitrogen and oxygen atoms in total. The molecule has 2 aromatic rings. The fraction of sp³-hybridized carbons (Fsp3) is 0.444. The summed E-state index contributed by atoms with van der Waals surface area (Å²) in [6, 6.07) is 6.03. The highest BCUT2D eigenvalue weighted by molar-refractivity contribution is 5.92. The molecule has 7 heteroatoms. The number of carbonyl (C=O) groups is 1. The Kier molecular flexibility index (Phi) is 4.70. The standard InChI is InChI=1S/C18H22N6O/c1-12-10-13(2)20-17(15(12)11-19)24-8-4-14(5-9-24)21-18(25)16-6-7-23(3)22-16/h6-7,10,14H,4-5,8-9H2,1-3H3,(H,21,25). The normalized spacial score (nSPS) is 15.0. The van der Waals surface area contributed by atoms with Crippen molar-refractivity contribution >= 4 is 11.7 Å². The Balaban J connectivity index is 1.65. The number of amides is 1. The van der Waals surface area contributed by atoms with E-state index >= 15 is 0 Å². The lowest BCUT2D eigenvalue weighted by atomic mass is 10.0. The highest BCUT2D eigenvalue weighted by Crippen LogP contribution is 2.25. The van der Waals surface area contributed by atoms with Gasteiger partial charge in [-0.25, -0.2) is 4.98 Å². The van der Waals surface area contributed by atoms with E-state index in [1.165, 1.54) is 0 Å². The summed E-state index contributed by atoms with van der Waals surface area (Å²) in [5.74, 6) is 0.621. The quantitative estimate of drug-likeness (QED) is 0.920. The van der Waals surface area contributed by atoms with Crippen LogP contribution in [0.25, 0.3) is 0 Å². The minimum Gasteiger partial charge on any atom is -0.355 e. The van der Waals surface area contributed by atoms with Gasteiger partial charge in [0, 0.05) is 38.1 Å². The Morgan fingerprint density at radius 2 is 2.08 bits per heavy atom. The van der Waals surface area contributed by atoms with E-state index < -0.39 is 0 Å². The number of hydrogen-bond acceptors (Lipinski definition) is 5. The van der Waals surface area contributed by atoms with Gasteiger partial charge in [0.05, 0.1) is 5.56 Å². The minimum atomic E-state index is -0.138. The third-order valence-corrected chi connectivity index (χ3v) is 4.51. The van der Waals surface area contributed by atoms with E-state index in [2.05, 4.69) is 26.4 Å². The summed E-state index contributed by atoms with van der Waals surface area (Å²) in [7, 11) is 1.79. The smallest absolute Gasteiger partial charge is 0.271 e. The van der Waals surface area contributed by atoms with Crippen molar-refractivity contribution in [2.24, 2.45) is 7.05 Å². The summed E-state index contributed by atoms with van der Waals surface area (Å²) in [5, 5.41) is 16.6. The molecule has 1 saturated heterocycles. The monoisotopic (exact) mass is 338 g/mol. The zero-order valence-corrected chi connectivity index (χ0v) is 14.8.